The van der Waals surface area contributed by atoms with Gasteiger partial charge in [0.2, 0.25) is 0 Å². The lowest BCUT2D eigenvalue weighted by atomic mass is 9.78. The number of fused-ring (bicyclic) bond motifs is 2. The van der Waals surface area contributed by atoms with Crippen LogP contribution in [0, 0.1) is 5.92 Å². The SMILES string of the molecule is CC(C)CNC(=S)NC1C[C@H]2CCC[C@H](C1)N2C1CCCCC1. The van der Waals surface area contributed by atoms with E-state index in [1.165, 1.54) is 64.2 Å². The molecule has 4 heteroatoms. The van der Waals surface area contributed by atoms with Gasteiger partial charge in [-0.1, -0.05) is 39.5 Å². The molecule has 0 spiro atoms. The predicted molar refractivity (Wildman–Crippen MR) is 102 cm³/mol. The Morgan fingerprint density at radius 2 is 1.57 bits per heavy atom. The van der Waals surface area contributed by atoms with Gasteiger partial charge in [0.25, 0.3) is 0 Å². The summed E-state index contributed by atoms with van der Waals surface area (Å²) in [5.41, 5.74) is 0. The van der Waals surface area contributed by atoms with Crippen molar-refractivity contribution in [3.05, 3.63) is 0 Å². The molecule has 23 heavy (non-hydrogen) atoms. The van der Waals surface area contributed by atoms with E-state index in [0.29, 0.717) is 12.0 Å². The third kappa shape index (κ3) is 4.60. The molecule has 2 N–H and O–H groups in total. The molecule has 0 radical (unpaired) electrons. The Balaban J connectivity index is 1.54. The molecule has 2 bridgehead atoms. The van der Waals surface area contributed by atoms with Crippen LogP contribution in [-0.2, 0) is 0 Å². The number of hydrogen-bond acceptors (Lipinski definition) is 2. The van der Waals surface area contributed by atoms with Crippen molar-refractivity contribution in [3.8, 4) is 0 Å². The Hall–Kier alpha value is -0.350. The number of rotatable bonds is 4. The highest BCUT2D eigenvalue weighted by Gasteiger charge is 2.41. The van der Waals surface area contributed by atoms with Crippen LogP contribution in [-0.4, -0.2) is 40.7 Å². The Kier molecular flexibility index (Phi) is 6.19. The van der Waals surface area contributed by atoms with Crippen molar-refractivity contribution in [2.75, 3.05) is 6.54 Å². The average Bonchev–Trinajstić information content (AvgIpc) is 2.53. The van der Waals surface area contributed by atoms with Gasteiger partial charge in [-0.15, -0.1) is 0 Å². The van der Waals surface area contributed by atoms with E-state index < -0.39 is 0 Å². The first-order chi connectivity index (χ1) is 11.1. The van der Waals surface area contributed by atoms with E-state index in [-0.39, 0.29) is 0 Å². The van der Waals surface area contributed by atoms with Gasteiger partial charge in [-0.25, -0.2) is 0 Å². The first kappa shape index (κ1) is 17.5. The van der Waals surface area contributed by atoms with Gasteiger partial charge in [-0.2, -0.15) is 0 Å². The lowest BCUT2D eigenvalue weighted by Gasteiger charge is -2.53. The summed E-state index contributed by atoms with van der Waals surface area (Å²) in [6.07, 6.45) is 14.1. The summed E-state index contributed by atoms with van der Waals surface area (Å²) in [5, 5.41) is 7.86. The lowest BCUT2D eigenvalue weighted by Crippen LogP contribution is -2.60. The topological polar surface area (TPSA) is 27.3 Å². The van der Waals surface area contributed by atoms with Crippen molar-refractivity contribution in [1.82, 2.24) is 15.5 Å². The zero-order valence-corrected chi connectivity index (χ0v) is 15.8. The molecule has 1 aliphatic carbocycles. The van der Waals surface area contributed by atoms with Crippen molar-refractivity contribution in [2.24, 2.45) is 5.92 Å². The molecule has 2 heterocycles. The normalized spacial score (nSPS) is 32.7. The molecule has 0 amide bonds. The monoisotopic (exact) mass is 337 g/mol. The summed E-state index contributed by atoms with van der Waals surface area (Å²) >= 11 is 5.50. The average molecular weight is 338 g/mol. The molecule has 3 nitrogen and oxygen atoms in total. The second-order valence-corrected chi connectivity index (χ2v) is 8.80. The standard InChI is InChI=1S/C19H35N3S/c1-14(2)13-20-19(23)21-15-11-17-9-6-10-18(12-15)22(17)16-7-4-3-5-8-16/h14-18H,3-13H2,1-2H3,(H2,20,21,23)/t17-,18-/m1/s1. The zero-order valence-electron chi connectivity index (χ0n) is 15.0. The summed E-state index contributed by atoms with van der Waals surface area (Å²) in [7, 11) is 0. The number of nitrogens with zero attached hydrogens (tertiary/aromatic N) is 1. The van der Waals surface area contributed by atoms with Crippen LogP contribution in [0.4, 0.5) is 0 Å². The first-order valence-electron chi connectivity index (χ1n) is 9.95. The molecular formula is C19H35N3S. The van der Waals surface area contributed by atoms with Crippen molar-refractivity contribution in [1.29, 1.82) is 0 Å². The smallest absolute Gasteiger partial charge is 0.166 e. The van der Waals surface area contributed by atoms with Crippen molar-refractivity contribution in [3.63, 3.8) is 0 Å². The minimum absolute atomic E-state index is 0.581. The summed E-state index contributed by atoms with van der Waals surface area (Å²) in [6.45, 7) is 5.42. The molecule has 132 valence electrons. The molecule has 0 aromatic heterocycles. The number of nitrogens with one attached hydrogen (secondary N) is 2. The van der Waals surface area contributed by atoms with Crippen LogP contribution in [0.2, 0.25) is 0 Å². The van der Waals surface area contributed by atoms with Crippen LogP contribution in [0.5, 0.6) is 0 Å². The van der Waals surface area contributed by atoms with Crippen molar-refractivity contribution < 1.29 is 0 Å². The maximum absolute atomic E-state index is 5.50. The molecule has 3 fully saturated rings. The summed E-state index contributed by atoms with van der Waals surface area (Å²) < 4.78 is 0. The molecule has 0 aromatic carbocycles. The van der Waals surface area contributed by atoms with E-state index in [1.54, 1.807) is 0 Å². The largest absolute Gasteiger partial charge is 0.362 e. The fourth-order valence-electron chi connectivity index (χ4n) is 5.04. The van der Waals surface area contributed by atoms with Crippen molar-refractivity contribution >= 4 is 17.3 Å². The molecule has 2 saturated heterocycles. The molecule has 3 aliphatic rings. The Bertz CT molecular complexity index is 378. The fourth-order valence-corrected chi connectivity index (χ4v) is 5.29. The van der Waals surface area contributed by atoms with Gasteiger partial charge in [0.1, 0.15) is 0 Å². The molecule has 0 aromatic rings. The summed E-state index contributed by atoms with van der Waals surface area (Å²) in [5.74, 6) is 0.641. The van der Waals surface area contributed by atoms with Gasteiger partial charge in [-0.3, -0.25) is 4.90 Å². The van der Waals surface area contributed by atoms with Gasteiger partial charge in [0.15, 0.2) is 5.11 Å². The molecule has 2 atom stereocenters. The van der Waals surface area contributed by atoms with Gasteiger partial charge in [0, 0.05) is 30.7 Å². The van der Waals surface area contributed by atoms with Crippen LogP contribution in [0.1, 0.15) is 78.1 Å². The highest BCUT2D eigenvalue weighted by Crippen LogP contribution is 2.38. The Morgan fingerprint density at radius 1 is 0.957 bits per heavy atom. The van der Waals surface area contributed by atoms with Crippen LogP contribution in [0.25, 0.3) is 0 Å². The maximum atomic E-state index is 5.50. The van der Waals surface area contributed by atoms with E-state index in [0.717, 1.165) is 29.8 Å². The molecule has 2 aliphatic heterocycles. The summed E-state index contributed by atoms with van der Waals surface area (Å²) in [4.78, 5) is 2.95. The Morgan fingerprint density at radius 3 is 2.17 bits per heavy atom. The van der Waals surface area contributed by atoms with E-state index >= 15 is 0 Å². The fraction of sp³-hybridized carbons (Fsp3) is 0.947. The predicted octanol–water partition coefficient (Wildman–Crippen LogP) is 3.82. The first-order valence-corrected chi connectivity index (χ1v) is 10.4. The van der Waals surface area contributed by atoms with Gasteiger partial charge in [-0.05, 0) is 56.7 Å². The molecule has 1 saturated carbocycles. The molecular weight excluding hydrogens is 302 g/mol. The van der Waals surface area contributed by atoms with Crippen LogP contribution < -0.4 is 10.6 Å². The molecule has 3 rings (SSSR count). The van der Waals surface area contributed by atoms with E-state index in [1.807, 2.05) is 0 Å². The third-order valence-electron chi connectivity index (χ3n) is 6.03. The van der Waals surface area contributed by atoms with Crippen LogP contribution in [0.3, 0.4) is 0 Å². The third-order valence-corrected chi connectivity index (χ3v) is 6.30. The lowest BCUT2D eigenvalue weighted by molar-refractivity contribution is -0.0196. The second kappa shape index (κ2) is 8.15. The highest BCUT2D eigenvalue weighted by molar-refractivity contribution is 7.80. The molecule has 0 unspecified atom stereocenters. The zero-order chi connectivity index (χ0) is 16.2. The van der Waals surface area contributed by atoms with E-state index in [4.69, 9.17) is 12.2 Å². The van der Waals surface area contributed by atoms with E-state index in [9.17, 15) is 0 Å². The van der Waals surface area contributed by atoms with E-state index in [2.05, 4.69) is 29.4 Å². The number of hydrogen-bond donors (Lipinski definition) is 2. The van der Waals surface area contributed by atoms with Crippen LogP contribution in [0.15, 0.2) is 0 Å². The maximum Gasteiger partial charge on any atom is 0.166 e. The quantitative estimate of drug-likeness (QED) is 0.763. The highest BCUT2D eigenvalue weighted by atomic mass is 32.1. The van der Waals surface area contributed by atoms with Gasteiger partial charge >= 0.3 is 0 Å². The number of thiocarbonyl (C=S) groups is 1. The van der Waals surface area contributed by atoms with Gasteiger partial charge in [0.05, 0.1) is 0 Å². The minimum Gasteiger partial charge on any atom is -0.362 e. The Labute approximate surface area is 148 Å². The van der Waals surface area contributed by atoms with Gasteiger partial charge < -0.3 is 10.6 Å². The second-order valence-electron chi connectivity index (χ2n) is 8.39. The number of piperidine rings is 2. The minimum atomic E-state index is 0.581. The summed E-state index contributed by atoms with van der Waals surface area (Å²) in [6, 6.07) is 3.07. The van der Waals surface area contributed by atoms with Crippen LogP contribution >= 0.6 is 12.2 Å². The van der Waals surface area contributed by atoms with Crippen molar-refractivity contribution in [2.45, 2.75) is 102 Å².